The Morgan fingerprint density at radius 1 is 1.58 bits per heavy atom. The van der Waals surface area contributed by atoms with Gasteiger partial charge in [0.25, 0.3) is 0 Å². The minimum Gasteiger partial charge on any atom is -0.389 e. The van der Waals surface area contributed by atoms with Crippen molar-refractivity contribution in [3.63, 3.8) is 0 Å². The van der Waals surface area contributed by atoms with Gasteiger partial charge in [0.1, 0.15) is 0 Å². The van der Waals surface area contributed by atoms with Crippen molar-refractivity contribution in [3.05, 3.63) is 0 Å². The van der Waals surface area contributed by atoms with E-state index < -0.39 is 6.10 Å². The van der Waals surface area contributed by atoms with Crippen molar-refractivity contribution in [2.24, 2.45) is 5.92 Å². The molecule has 0 radical (unpaired) electrons. The first-order valence-electron chi connectivity index (χ1n) is 4.34. The van der Waals surface area contributed by atoms with Crippen molar-refractivity contribution in [1.29, 1.82) is 0 Å². The fourth-order valence-electron chi connectivity index (χ4n) is 0.894. The van der Waals surface area contributed by atoms with Gasteiger partial charge in [0.15, 0.2) is 0 Å². The second kappa shape index (κ2) is 5.48. The average molecular weight is 175 g/mol. The summed E-state index contributed by atoms with van der Waals surface area (Å²) in [5.74, 6) is 0.757. The second-order valence-electron chi connectivity index (χ2n) is 3.19. The van der Waals surface area contributed by atoms with E-state index in [-0.39, 0.29) is 0 Å². The van der Waals surface area contributed by atoms with Gasteiger partial charge in [-0.15, -0.1) is 0 Å². The zero-order valence-electron chi connectivity index (χ0n) is 7.45. The quantitative estimate of drug-likeness (QED) is 0.532. The van der Waals surface area contributed by atoms with Gasteiger partial charge in [0.2, 0.25) is 0 Å². The van der Waals surface area contributed by atoms with Gasteiger partial charge in [-0.05, 0) is 18.8 Å². The maximum absolute atomic E-state index is 9.25. The highest BCUT2D eigenvalue weighted by Crippen LogP contribution is 2.28. The van der Waals surface area contributed by atoms with E-state index in [9.17, 15) is 5.11 Å². The summed E-state index contributed by atoms with van der Waals surface area (Å²) in [6, 6.07) is 0. The van der Waals surface area contributed by atoms with E-state index in [1.165, 1.54) is 20.0 Å². The molecule has 0 aromatic carbocycles. The molecule has 72 valence electrons. The standard InChI is InChI=1S/C8H17NO3/c1-11-9-4-8(10)6-12-5-7-2-3-7/h7-10H,2-6H2,1H3. The Bertz CT molecular complexity index is 117. The Morgan fingerprint density at radius 3 is 2.92 bits per heavy atom. The van der Waals surface area contributed by atoms with Crippen LogP contribution in [0.25, 0.3) is 0 Å². The van der Waals surface area contributed by atoms with Crippen LogP contribution in [0.3, 0.4) is 0 Å². The molecule has 0 aromatic rings. The summed E-state index contributed by atoms with van der Waals surface area (Å²) in [4.78, 5) is 4.59. The molecule has 0 aliphatic heterocycles. The van der Waals surface area contributed by atoms with Crippen molar-refractivity contribution in [2.75, 3.05) is 26.9 Å². The summed E-state index contributed by atoms with van der Waals surface area (Å²) in [7, 11) is 1.53. The van der Waals surface area contributed by atoms with Gasteiger partial charge in [-0.1, -0.05) is 0 Å². The van der Waals surface area contributed by atoms with Crippen LogP contribution in [0.5, 0.6) is 0 Å². The molecule has 1 unspecified atom stereocenters. The van der Waals surface area contributed by atoms with Gasteiger partial charge >= 0.3 is 0 Å². The SMILES string of the molecule is CONCC(O)COCC1CC1. The molecule has 1 fully saturated rings. The van der Waals surface area contributed by atoms with E-state index in [4.69, 9.17) is 4.74 Å². The van der Waals surface area contributed by atoms with Crippen molar-refractivity contribution in [3.8, 4) is 0 Å². The molecule has 12 heavy (non-hydrogen) atoms. The fraction of sp³-hybridized carbons (Fsp3) is 1.00. The average Bonchev–Trinajstić information content (AvgIpc) is 2.84. The topological polar surface area (TPSA) is 50.7 Å². The van der Waals surface area contributed by atoms with Crippen LogP contribution >= 0.6 is 0 Å². The number of aliphatic hydroxyl groups excluding tert-OH is 1. The van der Waals surface area contributed by atoms with Crippen LogP contribution < -0.4 is 5.48 Å². The van der Waals surface area contributed by atoms with Gasteiger partial charge in [-0.25, -0.2) is 5.48 Å². The summed E-state index contributed by atoms with van der Waals surface area (Å²) < 4.78 is 5.27. The maximum Gasteiger partial charge on any atom is 0.0920 e. The molecule has 0 spiro atoms. The van der Waals surface area contributed by atoms with Gasteiger partial charge in [-0.3, -0.25) is 0 Å². The summed E-state index contributed by atoms with van der Waals surface area (Å²) in [6.45, 7) is 1.61. The Morgan fingerprint density at radius 2 is 2.33 bits per heavy atom. The van der Waals surface area contributed by atoms with Gasteiger partial charge in [0, 0.05) is 13.2 Å². The molecule has 4 heteroatoms. The molecular formula is C8H17NO3. The van der Waals surface area contributed by atoms with Crippen LogP contribution in [0.2, 0.25) is 0 Å². The van der Waals surface area contributed by atoms with E-state index in [0.29, 0.717) is 13.2 Å². The van der Waals surface area contributed by atoms with Crippen molar-refractivity contribution >= 4 is 0 Å². The predicted molar refractivity (Wildman–Crippen MR) is 44.6 cm³/mol. The minimum absolute atomic E-state index is 0.396. The molecule has 1 aliphatic rings. The molecule has 0 amide bonds. The molecule has 1 aliphatic carbocycles. The number of nitrogens with one attached hydrogen (secondary N) is 1. The predicted octanol–water partition coefficient (Wildman–Crippen LogP) is -0.0751. The Balaban J connectivity index is 1.83. The summed E-state index contributed by atoms with van der Waals surface area (Å²) in [5, 5.41) is 9.25. The van der Waals surface area contributed by atoms with Gasteiger partial charge in [-0.2, -0.15) is 0 Å². The van der Waals surface area contributed by atoms with Crippen LogP contribution in [0, 0.1) is 5.92 Å². The molecule has 2 N–H and O–H groups in total. The van der Waals surface area contributed by atoms with Crippen LogP contribution in [0.1, 0.15) is 12.8 Å². The lowest BCUT2D eigenvalue weighted by atomic mass is 10.4. The van der Waals surface area contributed by atoms with Gasteiger partial charge < -0.3 is 14.7 Å². The number of ether oxygens (including phenoxy) is 1. The third-order valence-electron chi connectivity index (χ3n) is 1.82. The number of hydrogen-bond donors (Lipinski definition) is 2. The van der Waals surface area contributed by atoms with E-state index in [1.54, 1.807) is 0 Å². The molecular weight excluding hydrogens is 158 g/mol. The first-order chi connectivity index (χ1) is 5.83. The van der Waals surface area contributed by atoms with E-state index in [2.05, 4.69) is 10.3 Å². The maximum atomic E-state index is 9.25. The smallest absolute Gasteiger partial charge is 0.0920 e. The summed E-state index contributed by atoms with van der Waals surface area (Å²) >= 11 is 0. The highest BCUT2D eigenvalue weighted by molar-refractivity contribution is 4.72. The monoisotopic (exact) mass is 175 g/mol. The lowest BCUT2D eigenvalue weighted by molar-refractivity contribution is -0.000217. The highest BCUT2D eigenvalue weighted by atomic mass is 16.6. The zero-order chi connectivity index (χ0) is 8.81. The lowest BCUT2D eigenvalue weighted by Gasteiger charge is -2.10. The van der Waals surface area contributed by atoms with Crippen LogP contribution in [-0.4, -0.2) is 38.1 Å². The number of hydroxylamine groups is 1. The molecule has 1 saturated carbocycles. The van der Waals surface area contributed by atoms with Crippen LogP contribution in [0.4, 0.5) is 0 Å². The minimum atomic E-state index is -0.469. The number of hydrogen-bond acceptors (Lipinski definition) is 4. The van der Waals surface area contributed by atoms with Crippen LogP contribution in [-0.2, 0) is 9.57 Å². The molecule has 0 heterocycles. The lowest BCUT2D eigenvalue weighted by Crippen LogP contribution is -2.29. The summed E-state index contributed by atoms with van der Waals surface area (Å²) in [6.07, 6.45) is 2.10. The zero-order valence-corrected chi connectivity index (χ0v) is 7.45. The molecule has 4 nitrogen and oxygen atoms in total. The molecule has 0 bridgehead atoms. The largest absolute Gasteiger partial charge is 0.389 e. The van der Waals surface area contributed by atoms with Crippen molar-refractivity contribution < 1.29 is 14.7 Å². The molecule has 0 aromatic heterocycles. The second-order valence-corrected chi connectivity index (χ2v) is 3.19. The molecule has 0 saturated heterocycles. The molecule has 1 atom stereocenters. The fourth-order valence-corrected chi connectivity index (χ4v) is 0.894. The normalized spacial score (nSPS) is 19.5. The highest BCUT2D eigenvalue weighted by Gasteiger charge is 2.21. The first kappa shape index (κ1) is 9.92. The van der Waals surface area contributed by atoms with E-state index >= 15 is 0 Å². The Hall–Kier alpha value is -0.160. The van der Waals surface area contributed by atoms with E-state index in [0.717, 1.165) is 12.5 Å². The van der Waals surface area contributed by atoms with Gasteiger partial charge in [0.05, 0.1) is 19.8 Å². The third kappa shape index (κ3) is 4.66. The number of rotatable bonds is 7. The van der Waals surface area contributed by atoms with Crippen molar-refractivity contribution in [1.82, 2.24) is 5.48 Å². The van der Waals surface area contributed by atoms with E-state index in [1.807, 2.05) is 0 Å². The van der Waals surface area contributed by atoms with Crippen molar-refractivity contribution in [2.45, 2.75) is 18.9 Å². The summed E-state index contributed by atoms with van der Waals surface area (Å²) in [5.41, 5.74) is 2.57. The first-order valence-corrected chi connectivity index (χ1v) is 4.34. The number of aliphatic hydroxyl groups is 1. The molecule has 1 rings (SSSR count). The van der Waals surface area contributed by atoms with Crippen LogP contribution in [0.15, 0.2) is 0 Å². The Labute approximate surface area is 72.8 Å². The Kier molecular flexibility index (Phi) is 4.53. The third-order valence-corrected chi connectivity index (χ3v) is 1.82.